The van der Waals surface area contributed by atoms with Gasteiger partial charge in [-0.15, -0.1) is 0 Å². The van der Waals surface area contributed by atoms with Gasteiger partial charge in [-0.1, -0.05) is 13.8 Å². The first kappa shape index (κ1) is 11.1. The van der Waals surface area contributed by atoms with E-state index in [0.29, 0.717) is 0 Å². The summed E-state index contributed by atoms with van der Waals surface area (Å²) >= 11 is 0. The molecule has 0 saturated heterocycles. The lowest BCUT2D eigenvalue weighted by Gasteiger charge is -2.19. The molecule has 0 spiro atoms. The zero-order valence-corrected chi connectivity index (χ0v) is 7.91. The van der Waals surface area contributed by atoms with Gasteiger partial charge in [-0.05, 0) is 18.8 Å². The van der Waals surface area contributed by atoms with Crippen LogP contribution in [0.4, 0.5) is 0 Å². The Morgan fingerprint density at radius 1 is 1.55 bits per heavy atom. The Balaban J connectivity index is 3.78. The molecule has 68 valence electrons. The zero-order valence-electron chi connectivity index (χ0n) is 6.91. The maximum Gasteiger partial charge on any atom is 0.318 e. The van der Waals surface area contributed by atoms with Gasteiger partial charge in [0, 0.05) is 0 Å². The van der Waals surface area contributed by atoms with Gasteiger partial charge >= 0.3 is 8.25 Å². The fourth-order valence-corrected chi connectivity index (χ4v) is 1.39. The maximum atomic E-state index is 10.2. The highest BCUT2D eigenvalue weighted by Gasteiger charge is 2.15. The van der Waals surface area contributed by atoms with Gasteiger partial charge in [0.05, 0.1) is 0 Å². The number of nitrogens with two attached hydrogens (primary N) is 1. The molecule has 0 aromatic carbocycles. The molecule has 2 unspecified atom stereocenters. The van der Waals surface area contributed by atoms with Crippen molar-refractivity contribution in [2.24, 2.45) is 11.7 Å². The second kappa shape index (κ2) is 5.72. The lowest BCUT2D eigenvalue weighted by Crippen LogP contribution is -2.30. The molecule has 11 heavy (non-hydrogen) atoms. The molecule has 0 aliphatic rings. The molecule has 0 heterocycles. The number of rotatable bonds is 5. The summed E-state index contributed by atoms with van der Waals surface area (Å²) in [6.07, 6.45) is 1.14. The average Bonchev–Trinajstić information content (AvgIpc) is 1.88. The standard InChI is InChI=1S/C6H16NO3P/c1-3-5(4-2)6(7)10-11(8)9/h5-6,11H,3-4,7H2,1-2H3,(H,8,9). The summed E-state index contributed by atoms with van der Waals surface area (Å²) < 4.78 is 14.8. The van der Waals surface area contributed by atoms with E-state index in [0.717, 1.165) is 12.8 Å². The quantitative estimate of drug-likeness (QED) is 0.492. The topological polar surface area (TPSA) is 72.5 Å². The zero-order chi connectivity index (χ0) is 8.85. The Kier molecular flexibility index (Phi) is 5.78. The van der Waals surface area contributed by atoms with Crippen molar-refractivity contribution in [1.82, 2.24) is 0 Å². The van der Waals surface area contributed by atoms with Crippen molar-refractivity contribution in [3.05, 3.63) is 0 Å². The predicted octanol–water partition coefficient (Wildman–Crippen LogP) is 1.11. The van der Waals surface area contributed by atoms with E-state index >= 15 is 0 Å². The second-order valence-corrected chi connectivity index (χ2v) is 3.19. The van der Waals surface area contributed by atoms with Crippen molar-refractivity contribution < 1.29 is 14.0 Å². The van der Waals surface area contributed by atoms with Crippen molar-refractivity contribution in [3.63, 3.8) is 0 Å². The summed E-state index contributed by atoms with van der Waals surface area (Å²) in [7, 11) is -2.87. The molecule has 0 aliphatic carbocycles. The predicted molar refractivity (Wildman–Crippen MR) is 44.4 cm³/mol. The minimum Gasteiger partial charge on any atom is -0.326 e. The Bertz CT molecular complexity index is 127. The molecule has 4 nitrogen and oxygen atoms in total. The molecule has 0 aliphatic heterocycles. The van der Waals surface area contributed by atoms with Crippen molar-refractivity contribution >= 4 is 8.25 Å². The summed E-state index contributed by atoms with van der Waals surface area (Å²) in [6, 6.07) is 0. The van der Waals surface area contributed by atoms with Crippen LogP contribution >= 0.6 is 8.25 Å². The monoisotopic (exact) mass is 181 g/mol. The van der Waals surface area contributed by atoms with Crippen molar-refractivity contribution in [2.75, 3.05) is 0 Å². The van der Waals surface area contributed by atoms with Crippen LogP contribution in [0.5, 0.6) is 0 Å². The SMILES string of the molecule is CCC(CC)C(N)O[PH](=O)O. The van der Waals surface area contributed by atoms with Crippen LogP contribution in [0.15, 0.2) is 0 Å². The third-order valence-electron chi connectivity index (χ3n) is 1.75. The Labute approximate surface area is 67.7 Å². The summed E-state index contributed by atoms with van der Waals surface area (Å²) in [6.45, 7) is 3.96. The van der Waals surface area contributed by atoms with E-state index in [9.17, 15) is 4.57 Å². The number of hydrogen-bond donors (Lipinski definition) is 2. The van der Waals surface area contributed by atoms with Gasteiger partial charge < -0.3 is 10.6 Å². The van der Waals surface area contributed by atoms with Gasteiger partial charge in [0.15, 0.2) is 0 Å². The van der Waals surface area contributed by atoms with Crippen molar-refractivity contribution in [1.29, 1.82) is 0 Å². The van der Waals surface area contributed by atoms with Crippen molar-refractivity contribution in [2.45, 2.75) is 32.9 Å². The normalized spacial score (nSPS) is 16.8. The van der Waals surface area contributed by atoms with Crippen LogP contribution in [0.2, 0.25) is 0 Å². The fraction of sp³-hybridized carbons (Fsp3) is 1.00. The van der Waals surface area contributed by atoms with E-state index in [2.05, 4.69) is 4.52 Å². The number of hydrogen-bond acceptors (Lipinski definition) is 3. The second-order valence-electron chi connectivity index (χ2n) is 2.42. The minimum atomic E-state index is -2.87. The largest absolute Gasteiger partial charge is 0.326 e. The molecule has 0 rings (SSSR count). The molecule has 5 heteroatoms. The highest BCUT2D eigenvalue weighted by molar-refractivity contribution is 7.32. The first-order chi connectivity index (χ1) is 5.11. The van der Waals surface area contributed by atoms with Gasteiger partial charge in [-0.2, -0.15) is 0 Å². The molecule has 2 atom stereocenters. The van der Waals surface area contributed by atoms with Gasteiger partial charge in [-0.25, -0.2) is 0 Å². The molecule has 0 aromatic rings. The first-order valence-corrected chi connectivity index (χ1v) is 5.03. The van der Waals surface area contributed by atoms with E-state index in [1.165, 1.54) is 0 Å². The summed E-state index contributed by atoms with van der Waals surface area (Å²) in [5.74, 6) is 0.177. The molecule has 0 aromatic heterocycles. The van der Waals surface area contributed by atoms with Gasteiger partial charge in [-0.3, -0.25) is 9.09 Å². The van der Waals surface area contributed by atoms with Crippen LogP contribution in [-0.2, 0) is 9.09 Å². The highest BCUT2D eigenvalue weighted by Crippen LogP contribution is 2.22. The van der Waals surface area contributed by atoms with Gasteiger partial charge in [0.25, 0.3) is 0 Å². The highest BCUT2D eigenvalue weighted by atomic mass is 31.1. The van der Waals surface area contributed by atoms with Crippen LogP contribution in [0.25, 0.3) is 0 Å². The average molecular weight is 181 g/mol. The van der Waals surface area contributed by atoms with Crippen molar-refractivity contribution in [3.8, 4) is 0 Å². The lowest BCUT2D eigenvalue weighted by molar-refractivity contribution is 0.127. The summed E-state index contributed by atoms with van der Waals surface area (Å²) in [5.41, 5.74) is 5.48. The maximum absolute atomic E-state index is 10.2. The summed E-state index contributed by atoms with van der Waals surface area (Å²) in [5, 5.41) is 0. The lowest BCUT2D eigenvalue weighted by atomic mass is 10.0. The molecule has 0 radical (unpaired) electrons. The molecular formula is C6H16NO3P. The summed E-state index contributed by atoms with van der Waals surface area (Å²) in [4.78, 5) is 8.41. The molecular weight excluding hydrogens is 165 g/mol. The van der Waals surface area contributed by atoms with E-state index in [-0.39, 0.29) is 5.92 Å². The molecule has 0 saturated carbocycles. The van der Waals surface area contributed by atoms with Crippen LogP contribution in [0.1, 0.15) is 26.7 Å². The fourth-order valence-electron chi connectivity index (χ4n) is 0.966. The third kappa shape index (κ3) is 4.53. The van der Waals surface area contributed by atoms with Gasteiger partial charge in [0.1, 0.15) is 6.23 Å². The van der Waals surface area contributed by atoms with Crippen LogP contribution in [0, 0.1) is 5.92 Å². The molecule has 0 fully saturated rings. The van der Waals surface area contributed by atoms with Crippen LogP contribution in [0.3, 0.4) is 0 Å². The Hall–Kier alpha value is 0.110. The smallest absolute Gasteiger partial charge is 0.318 e. The Morgan fingerprint density at radius 2 is 2.00 bits per heavy atom. The first-order valence-electron chi connectivity index (χ1n) is 3.76. The Morgan fingerprint density at radius 3 is 2.27 bits per heavy atom. The minimum absolute atomic E-state index is 0.177. The van der Waals surface area contributed by atoms with Gasteiger partial charge in [0.2, 0.25) is 0 Å². The van der Waals surface area contributed by atoms with E-state index in [1.807, 2.05) is 13.8 Å². The van der Waals surface area contributed by atoms with Crippen LogP contribution < -0.4 is 5.73 Å². The van der Waals surface area contributed by atoms with E-state index in [1.54, 1.807) is 0 Å². The van der Waals surface area contributed by atoms with Crippen LogP contribution in [-0.4, -0.2) is 11.1 Å². The molecule has 3 N–H and O–H groups in total. The van der Waals surface area contributed by atoms with E-state index in [4.69, 9.17) is 10.6 Å². The molecule has 0 bridgehead atoms. The molecule has 0 amide bonds. The third-order valence-corrected chi connectivity index (χ3v) is 2.22. The van der Waals surface area contributed by atoms with E-state index < -0.39 is 14.5 Å².